The first kappa shape index (κ1) is 22.3. The van der Waals surface area contributed by atoms with Gasteiger partial charge in [0.1, 0.15) is 31.6 Å². The number of aromatic nitrogens is 1. The molecule has 2 atom stereocenters. The lowest BCUT2D eigenvalue weighted by Gasteiger charge is -2.24. The van der Waals surface area contributed by atoms with E-state index in [-0.39, 0.29) is 0 Å². The second kappa shape index (κ2) is 11.7. The van der Waals surface area contributed by atoms with E-state index in [9.17, 15) is 5.11 Å². The molecule has 0 aliphatic heterocycles. The van der Waals surface area contributed by atoms with Crippen molar-refractivity contribution in [3.05, 3.63) is 84.1 Å². The normalized spacial score (nSPS) is 13.6. The van der Waals surface area contributed by atoms with Gasteiger partial charge in [0.15, 0.2) is 0 Å². The quantitative estimate of drug-likeness (QED) is 0.454. The molecule has 3 rings (SSSR count). The van der Waals surface area contributed by atoms with Gasteiger partial charge in [-0.15, -0.1) is 0 Å². The van der Waals surface area contributed by atoms with E-state index in [0.717, 1.165) is 31.8 Å². The maximum Gasteiger partial charge on any atom is 0.129 e. The second-order valence-electron chi connectivity index (χ2n) is 8.42. The van der Waals surface area contributed by atoms with Crippen LogP contribution in [0.1, 0.15) is 37.3 Å². The van der Waals surface area contributed by atoms with Crippen molar-refractivity contribution in [3.63, 3.8) is 0 Å². The van der Waals surface area contributed by atoms with Gasteiger partial charge in [-0.2, -0.15) is 0 Å². The van der Waals surface area contributed by atoms with Gasteiger partial charge in [-0.1, -0.05) is 44.2 Å². The third-order valence-corrected chi connectivity index (χ3v) is 5.28. The Morgan fingerprint density at radius 2 is 1.90 bits per heavy atom. The van der Waals surface area contributed by atoms with Crippen molar-refractivity contribution >= 4 is 0 Å². The summed E-state index contributed by atoms with van der Waals surface area (Å²) >= 11 is 0. The summed E-state index contributed by atoms with van der Waals surface area (Å²) in [5, 5.41) is 10.6. The van der Waals surface area contributed by atoms with Crippen LogP contribution in [0.25, 0.3) is 0 Å². The number of rotatable bonds is 13. The van der Waals surface area contributed by atoms with Gasteiger partial charge >= 0.3 is 0 Å². The van der Waals surface area contributed by atoms with Crippen LogP contribution in [0.2, 0.25) is 0 Å². The summed E-state index contributed by atoms with van der Waals surface area (Å²) in [4.78, 5) is 1.38. The Bertz CT molecular complexity index is 827. The number of furan rings is 1. The van der Waals surface area contributed by atoms with Crippen LogP contribution in [0, 0.1) is 5.92 Å². The minimum atomic E-state index is -0.500. The van der Waals surface area contributed by atoms with Crippen molar-refractivity contribution < 1.29 is 19.2 Å². The highest BCUT2D eigenvalue weighted by atomic mass is 16.5. The van der Waals surface area contributed by atoms with E-state index in [2.05, 4.69) is 61.0 Å². The van der Waals surface area contributed by atoms with Gasteiger partial charge in [-0.05, 0) is 42.2 Å². The molecule has 0 amide bonds. The summed E-state index contributed by atoms with van der Waals surface area (Å²) in [5.41, 5.74) is 2.59. The molecule has 2 N–H and O–H groups in total. The zero-order chi connectivity index (χ0) is 21.2. The Morgan fingerprint density at radius 1 is 1.07 bits per heavy atom. The third kappa shape index (κ3) is 7.48. The Kier molecular flexibility index (Phi) is 8.75. The number of nitrogens with one attached hydrogen (secondary N) is 1. The summed E-state index contributed by atoms with van der Waals surface area (Å²) < 4.78 is 13.2. The molecule has 0 aliphatic carbocycles. The van der Waals surface area contributed by atoms with Crippen LogP contribution in [0.3, 0.4) is 0 Å². The molecule has 1 unspecified atom stereocenters. The van der Waals surface area contributed by atoms with Gasteiger partial charge < -0.3 is 23.7 Å². The molecular formula is C25H35N2O3+. The van der Waals surface area contributed by atoms with Crippen LogP contribution in [0.15, 0.2) is 71.5 Å². The predicted molar refractivity (Wildman–Crippen MR) is 118 cm³/mol. The maximum atomic E-state index is 10.6. The van der Waals surface area contributed by atoms with Gasteiger partial charge in [-0.3, -0.25) is 0 Å². The fraction of sp³-hybridized carbons (Fsp3) is 0.440. The Labute approximate surface area is 179 Å². The molecule has 0 bridgehead atoms. The van der Waals surface area contributed by atoms with Gasteiger partial charge in [-0.25, -0.2) is 0 Å². The van der Waals surface area contributed by atoms with Crippen LogP contribution in [-0.4, -0.2) is 35.5 Å². The van der Waals surface area contributed by atoms with Crippen LogP contribution < -0.4 is 4.90 Å². The molecule has 3 aromatic rings. The lowest BCUT2D eigenvalue weighted by molar-refractivity contribution is -0.918. The molecular weight excluding hydrogens is 376 g/mol. The minimum Gasteiger partial charge on any atom is -0.467 e. The van der Waals surface area contributed by atoms with E-state index < -0.39 is 6.10 Å². The molecule has 0 saturated carbocycles. The van der Waals surface area contributed by atoms with Crippen LogP contribution in [0.5, 0.6) is 0 Å². The van der Waals surface area contributed by atoms with Crippen molar-refractivity contribution in [3.8, 4) is 0 Å². The Morgan fingerprint density at radius 3 is 2.63 bits per heavy atom. The topological polar surface area (TPSA) is 52.0 Å². The third-order valence-electron chi connectivity index (χ3n) is 5.28. The highest BCUT2D eigenvalue weighted by Crippen LogP contribution is 2.07. The van der Waals surface area contributed by atoms with Crippen LogP contribution in [-0.2, 0) is 24.4 Å². The van der Waals surface area contributed by atoms with Gasteiger partial charge in [0.2, 0.25) is 0 Å². The summed E-state index contributed by atoms with van der Waals surface area (Å²) in [5.74, 6) is 1.42. The molecule has 0 saturated heterocycles. The lowest BCUT2D eigenvalue weighted by atomic mass is 10.1. The first-order chi connectivity index (χ1) is 14.6. The molecule has 2 aromatic heterocycles. The second-order valence-corrected chi connectivity index (χ2v) is 8.42. The summed E-state index contributed by atoms with van der Waals surface area (Å²) in [7, 11) is 0. The number of aliphatic hydroxyl groups is 1. The van der Waals surface area contributed by atoms with E-state index in [1.165, 1.54) is 16.2 Å². The van der Waals surface area contributed by atoms with Crippen molar-refractivity contribution in [2.24, 2.45) is 5.92 Å². The van der Waals surface area contributed by atoms with Gasteiger partial charge in [0.05, 0.1) is 25.1 Å². The van der Waals surface area contributed by atoms with E-state index in [4.69, 9.17) is 9.15 Å². The smallest absolute Gasteiger partial charge is 0.129 e. The van der Waals surface area contributed by atoms with Crippen molar-refractivity contribution in [2.45, 2.75) is 46.1 Å². The average Bonchev–Trinajstić information content (AvgIpc) is 3.39. The number of aliphatic hydroxyl groups excluding tert-OH is 1. The zero-order valence-corrected chi connectivity index (χ0v) is 18.2. The molecule has 0 radical (unpaired) electrons. The zero-order valence-electron chi connectivity index (χ0n) is 18.2. The number of quaternary nitrogens is 1. The van der Waals surface area contributed by atoms with Gasteiger partial charge in [0, 0.05) is 12.7 Å². The number of ether oxygens (including phenoxy) is 1. The molecule has 5 heteroatoms. The van der Waals surface area contributed by atoms with Crippen molar-refractivity contribution in [1.82, 2.24) is 4.57 Å². The minimum absolute atomic E-state index is 0.316. The average molecular weight is 412 g/mol. The number of hydrogen-bond acceptors (Lipinski definition) is 3. The van der Waals surface area contributed by atoms with E-state index in [0.29, 0.717) is 25.7 Å². The monoisotopic (exact) mass is 411 g/mol. The molecule has 0 aliphatic rings. The molecule has 0 fully saturated rings. The molecule has 2 heterocycles. The molecule has 1 aromatic carbocycles. The van der Waals surface area contributed by atoms with E-state index in [1.54, 1.807) is 6.26 Å². The van der Waals surface area contributed by atoms with Gasteiger partial charge in [0.25, 0.3) is 0 Å². The SMILES string of the molecule is CC(C)CC[NH+](Cc1cccn1Cc1ccccc1)C[C@@H](O)COCc1ccco1. The summed E-state index contributed by atoms with van der Waals surface area (Å²) in [6.45, 7) is 8.67. The fourth-order valence-electron chi connectivity index (χ4n) is 3.64. The summed E-state index contributed by atoms with van der Waals surface area (Å²) in [6.07, 6.45) is 4.41. The highest BCUT2D eigenvalue weighted by molar-refractivity contribution is 5.17. The maximum absolute atomic E-state index is 10.6. The number of benzene rings is 1. The Hall–Kier alpha value is -2.34. The Balaban J connectivity index is 1.56. The van der Waals surface area contributed by atoms with E-state index >= 15 is 0 Å². The van der Waals surface area contributed by atoms with Crippen LogP contribution in [0.4, 0.5) is 0 Å². The first-order valence-electron chi connectivity index (χ1n) is 10.9. The number of hydrogen-bond donors (Lipinski definition) is 2. The first-order valence-corrected chi connectivity index (χ1v) is 10.9. The molecule has 0 spiro atoms. The number of nitrogens with zero attached hydrogens (tertiary/aromatic N) is 1. The predicted octanol–water partition coefficient (Wildman–Crippen LogP) is 3.14. The highest BCUT2D eigenvalue weighted by Gasteiger charge is 2.18. The summed E-state index contributed by atoms with van der Waals surface area (Å²) in [6, 6.07) is 18.6. The lowest BCUT2D eigenvalue weighted by Crippen LogP contribution is -3.12. The molecule has 5 nitrogen and oxygen atoms in total. The van der Waals surface area contributed by atoms with Crippen molar-refractivity contribution in [1.29, 1.82) is 0 Å². The van der Waals surface area contributed by atoms with E-state index in [1.807, 2.05) is 18.2 Å². The van der Waals surface area contributed by atoms with Crippen LogP contribution >= 0.6 is 0 Å². The molecule has 162 valence electrons. The fourth-order valence-corrected chi connectivity index (χ4v) is 3.64. The standard InChI is InChI=1S/C25H34N2O3/c1-21(2)12-14-26(18-24(28)19-29-20-25-11-7-15-30-25)17-23-10-6-13-27(23)16-22-8-4-3-5-9-22/h3-11,13,15,21,24,28H,12,14,16-20H2,1-2H3/p+1/t24-/m1/s1. The van der Waals surface area contributed by atoms with Crippen molar-refractivity contribution in [2.75, 3.05) is 19.7 Å². The largest absolute Gasteiger partial charge is 0.467 e. The molecule has 30 heavy (non-hydrogen) atoms.